The van der Waals surface area contributed by atoms with Gasteiger partial charge in [0.05, 0.1) is 5.52 Å². The zero-order chi connectivity index (χ0) is 12.6. The number of nitrogens with one attached hydrogen (secondary N) is 1. The van der Waals surface area contributed by atoms with Gasteiger partial charge in [0.1, 0.15) is 11.3 Å². The maximum atomic E-state index is 13.5. The highest BCUT2D eigenvalue weighted by Crippen LogP contribution is 2.19. The van der Waals surface area contributed by atoms with E-state index < -0.39 is 11.6 Å². The summed E-state index contributed by atoms with van der Waals surface area (Å²) in [6.07, 6.45) is 1.95. The third kappa shape index (κ3) is 2.29. The number of allylic oxidation sites excluding steroid dienone is 2. The van der Waals surface area contributed by atoms with Crippen LogP contribution in [0.25, 0.3) is 11.0 Å². The lowest BCUT2D eigenvalue weighted by Crippen LogP contribution is -1.96. The quantitative estimate of drug-likeness (QED) is 0.636. The molecule has 2 rings (SSSR count). The van der Waals surface area contributed by atoms with Crippen molar-refractivity contribution in [3.63, 3.8) is 0 Å². The van der Waals surface area contributed by atoms with E-state index in [2.05, 4.69) is 4.98 Å². The molecule has 0 aliphatic heterocycles. The summed E-state index contributed by atoms with van der Waals surface area (Å²) in [4.78, 5) is 2.75. The maximum Gasteiger partial charge on any atom is 0.178 e. The van der Waals surface area contributed by atoms with Gasteiger partial charge >= 0.3 is 0 Å². The number of nitrogens with zero attached hydrogens (tertiary/aromatic N) is 1. The van der Waals surface area contributed by atoms with Crippen molar-refractivity contribution in [1.29, 1.82) is 0 Å². The summed E-state index contributed by atoms with van der Waals surface area (Å²) in [7, 11) is 0. The first-order valence-electron chi connectivity index (χ1n) is 5.20. The fraction of sp³-hybridized carbons (Fsp3) is 0.250. The van der Waals surface area contributed by atoms with Crippen LogP contribution in [0.3, 0.4) is 0 Å². The molecular formula is C12H12F2N2S. The lowest BCUT2D eigenvalue weighted by molar-refractivity contribution is 0.590. The van der Waals surface area contributed by atoms with E-state index in [-0.39, 0.29) is 5.52 Å². The Morgan fingerprint density at radius 2 is 2.12 bits per heavy atom. The number of H-pyrrole nitrogens is 1. The largest absolute Gasteiger partial charge is 0.328 e. The van der Waals surface area contributed by atoms with Gasteiger partial charge in [0.25, 0.3) is 0 Å². The number of aromatic amines is 1. The van der Waals surface area contributed by atoms with E-state index in [0.29, 0.717) is 16.8 Å². The molecule has 0 saturated carbocycles. The van der Waals surface area contributed by atoms with Gasteiger partial charge in [-0.2, -0.15) is 0 Å². The van der Waals surface area contributed by atoms with Gasteiger partial charge in [-0.1, -0.05) is 11.6 Å². The van der Waals surface area contributed by atoms with Crippen molar-refractivity contribution < 1.29 is 8.78 Å². The molecule has 0 spiro atoms. The van der Waals surface area contributed by atoms with Crippen LogP contribution in [-0.4, -0.2) is 9.55 Å². The van der Waals surface area contributed by atoms with Crippen molar-refractivity contribution in [2.75, 3.05) is 0 Å². The van der Waals surface area contributed by atoms with E-state index in [0.717, 1.165) is 11.6 Å². The molecule has 1 aromatic heterocycles. The number of halogens is 2. The Kier molecular flexibility index (Phi) is 3.11. The third-order valence-electron chi connectivity index (χ3n) is 2.48. The lowest BCUT2D eigenvalue weighted by atomic mass is 10.3. The van der Waals surface area contributed by atoms with E-state index in [1.165, 1.54) is 6.07 Å². The third-order valence-corrected chi connectivity index (χ3v) is 2.81. The monoisotopic (exact) mass is 254 g/mol. The van der Waals surface area contributed by atoms with E-state index in [1.54, 1.807) is 4.57 Å². The Labute approximate surface area is 103 Å². The van der Waals surface area contributed by atoms with Crippen molar-refractivity contribution in [1.82, 2.24) is 9.55 Å². The molecule has 90 valence electrons. The van der Waals surface area contributed by atoms with Crippen LogP contribution in [0.4, 0.5) is 8.78 Å². The molecule has 0 aliphatic carbocycles. The van der Waals surface area contributed by atoms with E-state index in [9.17, 15) is 8.78 Å². The summed E-state index contributed by atoms with van der Waals surface area (Å²) in [5, 5.41) is 0. The highest BCUT2D eigenvalue weighted by atomic mass is 32.1. The Morgan fingerprint density at radius 1 is 1.41 bits per heavy atom. The van der Waals surface area contributed by atoms with Crippen molar-refractivity contribution in [2.24, 2.45) is 0 Å². The molecule has 0 aliphatic rings. The molecule has 0 fully saturated rings. The molecule has 0 atom stereocenters. The van der Waals surface area contributed by atoms with Crippen molar-refractivity contribution in [3.05, 3.63) is 40.2 Å². The van der Waals surface area contributed by atoms with Gasteiger partial charge in [0, 0.05) is 12.6 Å². The van der Waals surface area contributed by atoms with Gasteiger partial charge in [0.15, 0.2) is 10.6 Å². The summed E-state index contributed by atoms with van der Waals surface area (Å²) in [5.41, 5.74) is 1.82. The smallest absolute Gasteiger partial charge is 0.178 e. The van der Waals surface area contributed by atoms with Gasteiger partial charge in [0.2, 0.25) is 0 Å². The number of hydrogen-bond acceptors (Lipinski definition) is 1. The van der Waals surface area contributed by atoms with Crippen molar-refractivity contribution >= 4 is 23.3 Å². The molecule has 0 amide bonds. The van der Waals surface area contributed by atoms with Crippen LogP contribution in [0.1, 0.15) is 13.8 Å². The Hall–Kier alpha value is -1.49. The van der Waals surface area contributed by atoms with Gasteiger partial charge in [-0.3, -0.25) is 0 Å². The molecule has 0 saturated heterocycles. The first kappa shape index (κ1) is 12.0. The summed E-state index contributed by atoms with van der Waals surface area (Å²) in [6, 6.07) is 2.13. The Balaban J connectivity index is 2.66. The normalized spacial score (nSPS) is 10.8. The van der Waals surface area contributed by atoms with Crippen LogP contribution >= 0.6 is 12.2 Å². The molecule has 2 aromatic rings. The maximum absolute atomic E-state index is 13.5. The van der Waals surface area contributed by atoms with Gasteiger partial charge in [-0.05, 0) is 32.1 Å². The fourth-order valence-corrected chi connectivity index (χ4v) is 1.91. The van der Waals surface area contributed by atoms with Crippen LogP contribution in [0.2, 0.25) is 0 Å². The van der Waals surface area contributed by atoms with Gasteiger partial charge in [-0.15, -0.1) is 0 Å². The predicted octanol–water partition coefficient (Wildman–Crippen LogP) is 3.94. The molecule has 0 unspecified atom stereocenters. The van der Waals surface area contributed by atoms with E-state index in [1.807, 2.05) is 19.9 Å². The minimum absolute atomic E-state index is 0.249. The van der Waals surface area contributed by atoms with Crippen LogP contribution in [-0.2, 0) is 6.54 Å². The number of hydrogen-bond donors (Lipinski definition) is 1. The summed E-state index contributed by atoms with van der Waals surface area (Å²) in [5.74, 6) is -1.22. The average molecular weight is 254 g/mol. The highest BCUT2D eigenvalue weighted by Gasteiger charge is 2.09. The first-order valence-corrected chi connectivity index (χ1v) is 5.61. The number of benzene rings is 1. The first-order chi connectivity index (χ1) is 7.99. The molecule has 1 heterocycles. The number of imidazole rings is 1. The zero-order valence-electron chi connectivity index (χ0n) is 9.55. The van der Waals surface area contributed by atoms with E-state index in [4.69, 9.17) is 12.2 Å². The standard InChI is InChI=1S/C12H12F2N2S/c1-7(2)3-4-16-10-6-8(13)5-9(14)11(10)15-12(16)17/h3,5-6H,4H2,1-2H3,(H,15,17). The average Bonchev–Trinajstić information content (AvgIpc) is 2.52. The molecule has 0 radical (unpaired) electrons. The molecular weight excluding hydrogens is 242 g/mol. The van der Waals surface area contributed by atoms with E-state index >= 15 is 0 Å². The molecule has 1 N–H and O–H groups in total. The Bertz CT molecular complexity index is 648. The molecule has 0 bridgehead atoms. The minimum atomic E-state index is -0.623. The molecule has 2 nitrogen and oxygen atoms in total. The summed E-state index contributed by atoms with van der Waals surface area (Å²) >= 11 is 5.10. The number of aromatic nitrogens is 2. The fourth-order valence-electron chi connectivity index (χ4n) is 1.64. The second-order valence-corrected chi connectivity index (χ2v) is 4.49. The lowest BCUT2D eigenvalue weighted by Gasteiger charge is -2.01. The molecule has 1 aromatic carbocycles. The van der Waals surface area contributed by atoms with Crippen LogP contribution in [0, 0.1) is 16.4 Å². The number of rotatable bonds is 2. The summed E-state index contributed by atoms with van der Waals surface area (Å²) < 4.78 is 28.7. The van der Waals surface area contributed by atoms with Crippen LogP contribution in [0.5, 0.6) is 0 Å². The van der Waals surface area contributed by atoms with Crippen molar-refractivity contribution in [3.8, 4) is 0 Å². The SMILES string of the molecule is CC(C)=CCn1c(=S)[nH]c2c(F)cc(F)cc21. The Morgan fingerprint density at radius 3 is 2.76 bits per heavy atom. The number of fused-ring (bicyclic) bond motifs is 1. The topological polar surface area (TPSA) is 20.7 Å². The van der Waals surface area contributed by atoms with Crippen molar-refractivity contribution in [2.45, 2.75) is 20.4 Å². The summed E-state index contributed by atoms with van der Waals surface area (Å²) in [6.45, 7) is 4.42. The predicted molar refractivity (Wildman–Crippen MR) is 66.5 cm³/mol. The minimum Gasteiger partial charge on any atom is -0.328 e. The van der Waals surface area contributed by atoms with Crippen LogP contribution in [0.15, 0.2) is 23.8 Å². The highest BCUT2D eigenvalue weighted by molar-refractivity contribution is 7.71. The second kappa shape index (κ2) is 4.41. The zero-order valence-corrected chi connectivity index (χ0v) is 10.4. The van der Waals surface area contributed by atoms with Crippen LogP contribution < -0.4 is 0 Å². The van der Waals surface area contributed by atoms with Gasteiger partial charge in [-0.25, -0.2) is 8.78 Å². The van der Waals surface area contributed by atoms with Gasteiger partial charge < -0.3 is 9.55 Å². The molecule has 5 heteroatoms. The molecule has 17 heavy (non-hydrogen) atoms. The second-order valence-electron chi connectivity index (χ2n) is 4.10.